The average Bonchev–Trinajstić information content (AvgIpc) is 2.87. The van der Waals surface area contributed by atoms with E-state index in [4.69, 9.17) is 4.74 Å². The molecule has 0 aliphatic rings. The highest BCUT2D eigenvalue weighted by Gasteiger charge is 2.16. The van der Waals surface area contributed by atoms with Crippen molar-refractivity contribution in [1.29, 1.82) is 5.26 Å². The molecule has 5 heteroatoms. The number of benzene rings is 3. The average molecular weight is 419 g/mol. The molecule has 0 spiro atoms. The maximum absolute atomic E-state index is 12.6. The first-order chi connectivity index (χ1) is 15.7. The lowest BCUT2D eigenvalue weighted by Crippen LogP contribution is -2.16. The number of carbonyl (C=O) groups is 1. The molecule has 0 atom stereocenters. The second-order valence-electron chi connectivity index (χ2n) is 7.13. The van der Waals surface area contributed by atoms with Crippen LogP contribution in [-0.2, 0) is 0 Å². The Morgan fingerprint density at radius 2 is 1.59 bits per heavy atom. The van der Waals surface area contributed by atoms with Gasteiger partial charge in [0.1, 0.15) is 23.2 Å². The minimum absolute atomic E-state index is 0.0337. The van der Waals surface area contributed by atoms with Gasteiger partial charge in [0.25, 0.3) is 0 Å². The number of anilines is 1. The highest BCUT2D eigenvalue weighted by Crippen LogP contribution is 2.33. The van der Waals surface area contributed by atoms with Crippen LogP contribution in [0.5, 0.6) is 5.75 Å². The standard InChI is InChI=1S/C27H21N3O2/c1-32-22-14-12-19(13-15-22)23-16-25(20-8-4-2-5-9-20)30-27(24(23)17-28)29-18-26(31)21-10-6-3-7-11-21/h2-16H,18H2,1H3,(H,29,30). The van der Waals surface area contributed by atoms with Crippen LogP contribution >= 0.6 is 0 Å². The second-order valence-corrected chi connectivity index (χ2v) is 7.13. The van der Waals surface area contributed by atoms with Crippen LogP contribution in [0.4, 0.5) is 5.82 Å². The lowest BCUT2D eigenvalue weighted by atomic mass is 9.98. The molecule has 0 unspecified atom stereocenters. The van der Waals surface area contributed by atoms with Gasteiger partial charge < -0.3 is 10.1 Å². The molecule has 1 heterocycles. The van der Waals surface area contributed by atoms with Crippen molar-refractivity contribution in [2.75, 3.05) is 19.0 Å². The summed E-state index contributed by atoms with van der Waals surface area (Å²) in [6.07, 6.45) is 0. The number of Topliss-reactive ketones (excluding diaryl/α,β-unsaturated/α-hetero) is 1. The number of rotatable bonds is 7. The molecule has 5 nitrogen and oxygen atoms in total. The van der Waals surface area contributed by atoms with E-state index in [0.29, 0.717) is 22.6 Å². The number of methoxy groups -OCH3 is 1. The van der Waals surface area contributed by atoms with Gasteiger partial charge in [-0.2, -0.15) is 5.26 Å². The number of nitriles is 1. The molecule has 1 aromatic heterocycles. The smallest absolute Gasteiger partial charge is 0.181 e. The van der Waals surface area contributed by atoms with Crippen LogP contribution in [0.25, 0.3) is 22.4 Å². The van der Waals surface area contributed by atoms with E-state index in [1.54, 1.807) is 19.2 Å². The Balaban J connectivity index is 1.77. The van der Waals surface area contributed by atoms with Crippen molar-refractivity contribution in [3.05, 3.63) is 102 Å². The predicted molar refractivity (Wildman–Crippen MR) is 126 cm³/mol. The van der Waals surface area contributed by atoms with Gasteiger partial charge in [0.15, 0.2) is 5.78 Å². The number of pyridine rings is 1. The summed E-state index contributed by atoms with van der Waals surface area (Å²) in [5.41, 5.74) is 4.22. The Morgan fingerprint density at radius 1 is 0.938 bits per heavy atom. The third-order valence-electron chi connectivity index (χ3n) is 5.11. The van der Waals surface area contributed by atoms with Gasteiger partial charge in [-0.25, -0.2) is 4.98 Å². The van der Waals surface area contributed by atoms with Gasteiger partial charge in [-0.05, 0) is 23.8 Å². The molecular weight excluding hydrogens is 398 g/mol. The molecule has 0 bridgehead atoms. The van der Waals surface area contributed by atoms with Gasteiger partial charge >= 0.3 is 0 Å². The summed E-state index contributed by atoms with van der Waals surface area (Å²) in [7, 11) is 1.61. The van der Waals surface area contributed by atoms with Gasteiger partial charge in [-0.3, -0.25) is 4.79 Å². The van der Waals surface area contributed by atoms with Crippen molar-refractivity contribution in [3.63, 3.8) is 0 Å². The van der Waals surface area contributed by atoms with E-state index < -0.39 is 0 Å². The van der Waals surface area contributed by atoms with Gasteiger partial charge in [0.2, 0.25) is 0 Å². The van der Waals surface area contributed by atoms with Gasteiger partial charge in [-0.15, -0.1) is 0 Å². The van der Waals surface area contributed by atoms with Crippen LogP contribution in [-0.4, -0.2) is 24.4 Å². The fraction of sp³-hybridized carbons (Fsp3) is 0.0741. The van der Waals surface area contributed by atoms with Crippen LogP contribution in [0.15, 0.2) is 91.0 Å². The maximum atomic E-state index is 12.6. The summed E-state index contributed by atoms with van der Waals surface area (Å²) < 4.78 is 5.26. The first-order valence-corrected chi connectivity index (χ1v) is 10.2. The molecule has 4 aromatic rings. The maximum Gasteiger partial charge on any atom is 0.181 e. The molecule has 1 N–H and O–H groups in total. The number of hydrogen-bond acceptors (Lipinski definition) is 5. The number of hydrogen-bond donors (Lipinski definition) is 1. The number of carbonyl (C=O) groups excluding carboxylic acids is 1. The molecule has 0 amide bonds. The molecule has 0 aliphatic heterocycles. The third-order valence-corrected chi connectivity index (χ3v) is 5.11. The number of ketones is 1. The quantitative estimate of drug-likeness (QED) is 0.395. The first-order valence-electron chi connectivity index (χ1n) is 10.2. The summed E-state index contributed by atoms with van der Waals surface area (Å²) in [6, 6.07) is 30.5. The molecule has 0 saturated heterocycles. The first kappa shape index (κ1) is 20.8. The van der Waals surface area contributed by atoms with Gasteiger partial charge in [-0.1, -0.05) is 72.8 Å². The Kier molecular flexibility index (Phi) is 6.24. The van der Waals surface area contributed by atoms with E-state index in [2.05, 4.69) is 16.4 Å². The van der Waals surface area contributed by atoms with E-state index in [-0.39, 0.29) is 12.3 Å². The summed E-state index contributed by atoms with van der Waals surface area (Å²) in [5, 5.41) is 13.1. The summed E-state index contributed by atoms with van der Waals surface area (Å²) >= 11 is 0. The Labute approximate surface area is 186 Å². The highest BCUT2D eigenvalue weighted by atomic mass is 16.5. The minimum atomic E-state index is -0.0765. The van der Waals surface area contributed by atoms with Crippen molar-refractivity contribution in [3.8, 4) is 34.2 Å². The van der Waals surface area contributed by atoms with Gasteiger partial charge in [0.05, 0.1) is 19.3 Å². The van der Waals surface area contributed by atoms with Crippen molar-refractivity contribution in [2.45, 2.75) is 0 Å². The van der Waals surface area contributed by atoms with Crippen LogP contribution in [0.3, 0.4) is 0 Å². The topological polar surface area (TPSA) is 75.0 Å². The normalized spacial score (nSPS) is 10.2. The van der Waals surface area contributed by atoms with Crippen molar-refractivity contribution in [1.82, 2.24) is 4.98 Å². The Hall–Kier alpha value is -4.43. The van der Waals surface area contributed by atoms with Crippen LogP contribution in [0.2, 0.25) is 0 Å². The van der Waals surface area contributed by atoms with E-state index in [9.17, 15) is 10.1 Å². The summed E-state index contributed by atoms with van der Waals surface area (Å²) in [6.45, 7) is 0.0337. The minimum Gasteiger partial charge on any atom is -0.497 e. The SMILES string of the molecule is COc1ccc(-c2cc(-c3ccccc3)nc(NCC(=O)c3ccccc3)c2C#N)cc1. The third kappa shape index (κ3) is 4.50. The molecule has 0 radical (unpaired) electrons. The Bertz CT molecular complexity index is 1260. The molecule has 0 saturated carbocycles. The van der Waals surface area contributed by atoms with Crippen LogP contribution in [0, 0.1) is 11.3 Å². The van der Waals surface area contributed by atoms with E-state index in [1.807, 2.05) is 78.9 Å². The lowest BCUT2D eigenvalue weighted by Gasteiger charge is -2.14. The van der Waals surface area contributed by atoms with Crippen LogP contribution in [0.1, 0.15) is 15.9 Å². The monoisotopic (exact) mass is 419 g/mol. The zero-order chi connectivity index (χ0) is 22.3. The number of ether oxygens (including phenoxy) is 1. The van der Waals surface area contributed by atoms with Crippen LogP contribution < -0.4 is 10.1 Å². The zero-order valence-electron chi connectivity index (χ0n) is 17.6. The molecular formula is C27H21N3O2. The second kappa shape index (κ2) is 9.59. The molecule has 0 aliphatic carbocycles. The predicted octanol–water partition coefficient (Wildman–Crippen LogP) is 5.59. The Morgan fingerprint density at radius 3 is 2.22 bits per heavy atom. The molecule has 4 rings (SSSR count). The fourth-order valence-electron chi connectivity index (χ4n) is 3.43. The molecule has 3 aromatic carbocycles. The van der Waals surface area contributed by atoms with Crippen molar-refractivity contribution in [2.24, 2.45) is 0 Å². The lowest BCUT2D eigenvalue weighted by molar-refractivity contribution is 0.101. The highest BCUT2D eigenvalue weighted by molar-refractivity contribution is 5.99. The van der Waals surface area contributed by atoms with Crippen molar-refractivity contribution < 1.29 is 9.53 Å². The number of nitrogens with zero attached hydrogens (tertiary/aromatic N) is 2. The number of nitrogens with one attached hydrogen (secondary N) is 1. The molecule has 32 heavy (non-hydrogen) atoms. The number of aromatic nitrogens is 1. The molecule has 156 valence electrons. The van der Waals surface area contributed by atoms with Crippen molar-refractivity contribution >= 4 is 11.6 Å². The van der Waals surface area contributed by atoms with E-state index in [1.165, 1.54) is 0 Å². The fourth-order valence-corrected chi connectivity index (χ4v) is 3.43. The van der Waals surface area contributed by atoms with Gasteiger partial charge in [0, 0.05) is 16.7 Å². The zero-order valence-corrected chi connectivity index (χ0v) is 17.6. The molecule has 0 fully saturated rings. The summed E-state index contributed by atoms with van der Waals surface area (Å²) in [5.74, 6) is 1.03. The largest absolute Gasteiger partial charge is 0.497 e. The summed E-state index contributed by atoms with van der Waals surface area (Å²) in [4.78, 5) is 17.3. The van der Waals surface area contributed by atoms with E-state index >= 15 is 0 Å². The van der Waals surface area contributed by atoms with E-state index in [0.717, 1.165) is 22.4 Å².